The summed E-state index contributed by atoms with van der Waals surface area (Å²) in [6.45, 7) is 5.58. The zero-order chi connectivity index (χ0) is 30.4. The highest BCUT2D eigenvalue weighted by molar-refractivity contribution is 7.52. The standard InChI is InChI=1S/C26H34N5O9P/c1-6-13-26(35,31-14-12-19-22(31)28-25(27)29-23(19)33)21(32)20(37-5)15-38-41(36,40-18-10-8-7-9-11-18)30-17(4)24(34)39-16(2)3/h7-12,14,16-17,20-21,32,35H,15H2,1-5H3,(H,30,36)(H3,27,28,29,33)/t17?,20?,21?,26-,41?/m1/s1. The van der Waals surface area contributed by atoms with E-state index in [0.29, 0.717) is 0 Å². The van der Waals surface area contributed by atoms with Crippen molar-refractivity contribution in [1.29, 1.82) is 0 Å². The SMILES string of the molecule is CC#C[C@@](O)(C(O)C(COP(=O)(NC(C)C(=O)OC(C)C)Oc1ccccc1)OC)n1ccc2c(=O)[nH]c(N)nc21. The third kappa shape index (κ3) is 7.53. The number of aliphatic hydroxyl groups is 2. The van der Waals surface area contributed by atoms with Crippen molar-refractivity contribution in [2.45, 2.75) is 57.8 Å². The topological polar surface area (TPSA) is 200 Å². The number of nitrogens with two attached hydrogens (primary N) is 1. The van der Waals surface area contributed by atoms with Crippen LogP contribution in [0.2, 0.25) is 0 Å². The summed E-state index contributed by atoms with van der Waals surface area (Å²) < 4.78 is 36.7. The summed E-state index contributed by atoms with van der Waals surface area (Å²) in [5.74, 6) is 4.32. The molecule has 0 spiro atoms. The molecule has 0 fully saturated rings. The third-order valence-corrected chi connectivity index (χ3v) is 7.39. The van der Waals surface area contributed by atoms with Gasteiger partial charge in [0.25, 0.3) is 5.56 Å². The molecule has 0 aliphatic carbocycles. The van der Waals surface area contributed by atoms with E-state index < -0.39 is 56.0 Å². The lowest BCUT2D eigenvalue weighted by Gasteiger charge is -2.34. The van der Waals surface area contributed by atoms with Crippen LogP contribution in [0.1, 0.15) is 27.7 Å². The number of aromatic amines is 1. The van der Waals surface area contributed by atoms with Crippen molar-refractivity contribution in [2.75, 3.05) is 19.5 Å². The second kappa shape index (κ2) is 13.3. The monoisotopic (exact) mass is 591 g/mol. The van der Waals surface area contributed by atoms with Crippen LogP contribution in [0.5, 0.6) is 5.75 Å². The molecule has 222 valence electrons. The Bertz CT molecular complexity index is 1510. The number of carbonyl (C=O) groups is 1. The quantitative estimate of drug-likeness (QED) is 0.109. The summed E-state index contributed by atoms with van der Waals surface area (Å²) in [6.07, 6.45) is -2.34. The van der Waals surface area contributed by atoms with Gasteiger partial charge in [-0.3, -0.25) is 23.7 Å². The van der Waals surface area contributed by atoms with Crippen LogP contribution >= 0.6 is 7.75 Å². The zero-order valence-corrected chi connectivity index (χ0v) is 24.1. The van der Waals surface area contributed by atoms with Crippen molar-refractivity contribution >= 4 is 30.7 Å². The Labute approximate surface area is 236 Å². The first-order valence-electron chi connectivity index (χ1n) is 12.6. The number of anilines is 1. The number of H-pyrrole nitrogens is 1. The fourth-order valence-electron chi connectivity index (χ4n) is 3.83. The van der Waals surface area contributed by atoms with E-state index >= 15 is 0 Å². The molecule has 0 saturated carbocycles. The molecular formula is C26H34N5O9P. The van der Waals surface area contributed by atoms with Crippen LogP contribution in [0.15, 0.2) is 47.4 Å². The van der Waals surface area contributed by atoms with Crippen molar-refractivity contribution < 1.29 is 38.1 Å². The van der Waals surface area contributed by atoms with Crippen LogP contribution in [0.25, 0.3) is 11.0 Å². The van der Waals surface area contributed by atoms with Crippen molar-refractivity contribution in [3.8, 4) is 17.6 Å². The van der Waals surface area contributed by atoms with Gasteiger partial charge in [0, 0.05) is 13.3 Å². The number of fused-ring (bicyclic) bond motifs is 1. The number of nitrogens with zero attached hydrogens (tertiary/aromatic N) is 2. The molecule has 2 heterocycles. The highest BCUT2D eigenvalue weighted by Crippen LogP contribution is 2.45. The van der Waals surface area contributed by atoms with Crippen molar-refractivity contribution in [3.63, 3.8) is 0 Å². The molecule has 3 aromatic rings. The number of hydrogen-bond donors (Lipinski definition) is 5. The molecule has 1 aromatic carbocycles. The Balaban J connectivity index is 1.92. The first kappa shape index (κ1) is 31.8. The molecule has 0 radical (unpaired) electrons. The van der Waals surface area contributed by atoms with E-state index in [1.807, 2.05) is 0 Å². The van der Waals surface area contributed by atoms with Crippen molar-refractivity contribution in [2.24, 2.45) is 0 Å². The highest BCUT2D eigenvalue weighted by atomic mass is 31.2. The summed E-state index contributed by atoms with van der Waals surface area (Å²) in [7, 11) is -3.10. The summed E-state index contributed by atoms with van der Waals surface area (Å²) in [5.41, 5.74) is 2.67. The minimum atomic E-state index is -4.32. The molecule has 0 aliphatic heterocycles. The maximum Gasteiger partial charge on any atom is 0.459 e. The number of ether oxygens (including phenoxy) is 2. The van der Waals surface area contributed by atoms with E-state index in [2.05, 4.69) is 26.9 Å². The Hall–Kier alpha value is -3.70. The van der Waals surface area contributed by atoms with Crippen LogP contribution in [-0.4, -0.2) is 68.8 Å². The molecule has 4 unspecified atom stereocenters. The molecule has 2 aromatic heterocycles. The second-order valence-corrected chi connectivity index (χ2v) is 10.9. The van der Waals surface area contributed by atoms with E-state index in [9.17, 15) is 24.4 Å². The molecule has 14 nitrogen and oxygen atoms in total. The number of rotatable bonds is 13. The molecule has 0 saturated heterocycles. The molecule has 15 heteroatoms. The highest BCUT2D eigenvalue weighted by Gasteiger charge is 2.44. The van der Waals surface area contributed by atoms with Gasteiger partial charge in [-0.1, -0.05) is 18.2 Å². The lowest BCUT2D eigenvalue weighted by atomic mass is 10.0. The predicted molar refractivity (Wildman–Crippen MR) is 150 cm³/mol. The number of hydrogen-bond acceptors (Lipinski definition) is 11. The first-order chi connectivity index (χ1) is 19.3. The van der Waals surface area contributed by atoms with Gasteiger partial charge in [-0.15, -0.1) is 5.92 Å². The fraction of sp³-hybridized carbons (Fsp3) is 0.423. The number of para-hydroxylation sites is 1. The molecular weight excluding hydrogens is 557 g/mol. The van der Waals surface area contributed by atoms with Gasteiger partial charge in [0.2, 0.25) is 11.7 Å². The Morgan fingerprint density at radius 3 is 2.56 bits per heavy atom. The first-order valence-corrected chi connectivity index (χ1v) is 14.1. The Morgan fingerprint density at radius 1 is 1.27 bits per heavy atom. The maximum atomic E-state index is 13.8. The summed E-state index contributed by atoms with van der Waals surface area (Å²) in [5, 5.41) is 25.6. The molecule has 0 amide bonds. The Kier molecular flexibility index (Phi) is 10.3. The minimum Gasteiger partial charge on any atom is -0.462 e. The summed E-state index contributed by atoms with van der Waals surface area (Å²) in [6, 6.07) is 8.35. The second-order valence-electron chi connectivity index (χ2n) is 9.23. The average molecular weight is 592 g/mol. The number of methoxy groups -OCH3 is 1. The molecule has 41 heavy (non-hydrogen) atoms. The largest absolute Gasteiger partial charge is 0.462 e. The number of aromatic nitrogens is 3. The van der Waals surface area contributed by atoms with Crippen molar-refractivity contribution in [1.82, 2.24) is 19.6 Å². The van der Waals surface area contributed by atoms with Gasteiger partial charge in [-0.2, -0.15) is 10.1 Å². The van der Waals surface area contributed by atoms with Crippen LogP contribution in [0, 0.1) is 11.8 Å². The number of nitrogens with one attached hydrogen (secondary N) is 2. The van der Waals surface area contributed by atoms with Gasteiger partial charge in [0.05, 0.1) is 18.1 Å². The molecule has 3 rings (SSSR count). The lowest BCUT2D eigenvalue weighted by Crippen LogP contribution is -2.52. The minimum absolute atomic E-state index is 0.0523. The molecule has 0 bridgehead atoms. The van der Waals surface area contributed by atoms with Crippen LogP contribution in [-0.2, 0) is 29.1 Å². The number of aliphatic hydroxyl groups excluding tert-OH is 1. The number of esters is 1. The zero-order valence-electron chi connectivity index (χ0n) is 23.2. The predicted octanol–water partition coefficient (Wildman–Crippen LogP) is 1.48. The number of carbonyl (C=O) groups excluding carboxylic acids is 1. The Morgan fingerprint density at radius 2 is 1.95 bits per heavy atom. The van der Waals surface area contributed by atoms with Gasteiger partial charge in [-0.05, 0) is 51.8 Å². The van der Waals surface area contributed by atoms with E-state index in [1.54, 1.807) is 32.0 Å². The molecule has 6 N–H and O–H groups in total. The number of benzene rings is 1. The van der Waals surface area contributed by atoms with Crippen LogP contribution < -0.4 is 20.9 Å². The number of nitrogen functional groups attached to an aromatic ring is 1. The maximum absolute atomic E-state index is 13.8. The molecule has 5 atom stereocenters. The van der Waals surface area contributed by atoms with Gasteiger partial charge >= 0.3 is 13.7 Å². The van der Waals surface area contributed by atoms with Crippen molar-refractivity contribution in [3.05, 3.63) is 52.9 Å². The van der Waals surface area contributed by atoms with Crippen LogP contribution in [0.4, 0.5) is 5.95 Å². The van der Waals surface area contributed by atoms with Gasteiger partial charge in [0.1, 0.15) is 24.0 Å². The molecule has 0 aliphatic rings. The summed E-state index contributed by atoms with van der Waals surface area (Å²) in [4.78, 5) is 31.1. The average Bonchev–Trinajstić information content (AvgIpc) is 3.34. The van der Waals surface area contributed by atoms with Gasteiger partial charge in [-0.25, -0.2) is 4.57 Å². The lowest BCUT2D eigenvalue weighted by molar-refractivity contribution is -0.151. The van der Waals surface area contributed by atoms with E-state index in [-0.39, 0.29) is 22.7 Å². The fourth-order valence-corrected chi connectivity index (χ4v) is 5.33. The van der Waals surface area contributed by atoms with Gasteiger partial charge in [0.15, 0.2) is 5.65 Å². The van der Waals surface area contributed by atoms with Crippen LogP contribution in [0.3, 0.4) is 0 Å². The van der Waals surface area contributed by atoms with E-state index in [4.69, 9.17) is 24.3 Å². The third-order valence-electron chi connectivity index (χ3n) is 5.75. The summed E-state index contributed by atoms with van der Waals surface area (Å²) >= 11 is 0. The normalized spacial score (nSPS) is 16.6. The van der Waals surface area contributed by atoms with E-state index in [1.165, 1.54) is 45.4 Å². The van der Waals surface area contributed by atoms with E-state index in [0.717, 1.165) is 4.57 Å². The smallest absolute Gasteiger partial charge is 0.459 e. The van der Waals surface area contributed by atoms with Gasteiger partial charge < -0.3 is 29.9 Å².